The highest BCUT2D eigenvalue weighted by Crippen LogP contribution is 2.20. The van der Waals surface area contributed by atoms with Crippen LogP contribution >= 0.6 is 23.1 Å². The number of benzene rings is 1. The van der Waals surface area contributed by atoms with Gasteiger partial charge in [-0.15, -0.1) is 11.8 Å². The molecule has 0 bridgehead atoms. The van der Waals surface area contributed by atoms with E-state index < -0.39 is 17.8 Å². The first-order valence-electron chi connectivity index (χ1n) is 10.7. The van der Waals surface area contributed by atoms with E-state index in [9.17, 15) is 19.2 Å². The van der Waals surface area contributed by atoms with Gasteiger partial charge in [0.1, 0.15) is 6.54 Å². The summed E-state index contributed by atoms with van der Waals surface area (Å²) in [6, 6.07) is 4.95. The number of methoxy groups -OCH3 is 1. The smallest absolute Gasteiger partial charge is 0.338 e. The summed E-state index contributed by atoms with van der Waals surface area (Å²) in [7, 11) is 1.29. The molecule has 1 aromatic carbocycles. The number of amides is 2. The van der Waals surface area contributed by atoms with Gasteiger partial charge in [-0.1, -0.05) is 11.3 Å². The molecule has 3 rings (SSSR count). The Bertz CT molecular complexity index is 1100. The molecule has 2 heterocycles. The van der Waals surface area contributed by atoms with Gasteiger partial charge in [-0.2, -0.15) is 4.99 Å². The first-order chi connectivity index (χ1) is 15.9. The number of fused-ring (bicyclic) bond motifs is 1. The molecule has 0 atom stereocenters. The van der Waals surface area contributed by atoms with Crippen molar-refractivity contribution in [3.05, 3.63) is 28.6 Å². The Kier molecular flexibility index (Phi) is 9.07. The maximum atomic E-state index is 12.5. The molecule has 1 fully saturated rings. The van der Waals surface area contributed by atoms with Gasteiger partial charge in [0.05, 0.1) is 41.0 Å². The van der Waals surface area contributed by atoms with Crippen molar-refractivity contribution in [1.82, 2.24) is 9.47 Å². The van der Waals surface area contributed by atoms with Crippen LogP contribution in [0.3, 0.4) is 0 Å². The Labute approximate surface area is 199 Å². The maximum absolute atomic E-state index is 12.5. The third kappa shape index (κ3) is 6.67. The average Bonchev–Trinajstić information content (AvgIpc) is 3.15. The number of hydrogen-bond acceptors (Lipinski definition) is 8. The van der Waals surface area contributed by atoms with Crippen LogP contribution < -0.4 is 4.80 Å². The van der Waals surface area contributed by atoms with E-state index in [4.69, 9.17) is 9.47 Å². The van der Waals surface area contributed by atoms with Crippen LogP contribution in [0.15, 0.2) is 23.2 Å². The number of thioether (sulfide) groups is 1. The van der Waals surface area contributed by atoms with Crippen molar-refractivity contribution < 1.29 is 28.7 Å². The first kappa shape index (κ1) is 25.0. The first-order valence-corrected chi connectivity index (χ1v) is 12.7. The van der Waals surface area contributed by atoms with Gasteiger partial charge in [-0.3, -0.25) is 14.4 Å². The highest BCUT2D eigenvalue weighted by molar-refractivity contribution is 8.00. The van der Waals surface area contributed by atoms with Gasteiger partial charge in [-0.25, -0.2) is 4.79 Å². The number of carbonyl (C=O) groups is 4. The molecule has 0 aliphatic carbocycles. The third-order valence-electron chi connectivity index (χ3n) is 5.09. The number of rotatable bonds is 8. The van der Waals surface area contributed by atoms with Crippen molar-refractivity contribution in [2.24, 2.45) is 4.99 Å². The van der Waals surface area contributed by atoms with Crippen LogP contribution in [-0.2, 0) is 30.4 Å². The largest absolute Gasteiger partial charge is 0.468 e. The predicted octanol–water partition coefficient (Wildman–Crippen LogP) is 2.23. The summed E-state index contributed by atoms with van der Waals surface area (Å²) in [6.45, 7) is 3.42. The monoisotopic (exact) mass is 493 g/mol. The number of likely N-dealkylation sites (tertiary alicyclic amines) is 1. The van der Waals surface area contributed by atoms with Gasteiger partial charge < -0.3 is 18.9 Å². The van der Waals surface area contributed by atoms with Crippen LogP contribution in [-0.4, -0.2) is 71.5 Å². The van der Waals surface area contributed by atoms with E-state index in [1.807, 2.05) is 4.90 Å². The van der Waals surface area contributed by atoms with Crippen LogP contribution in [0.5, 0.6) is 0 Å². The van der Waals surface area contributed by atoms with E-state index in [0.29, 0.717) is 20.6 Å². The summed E-state index contributed by atoms with van der Waals surface area (Å²) in [5, 5.41) is 0. The van der Waals surface area contributed by atoms with Crippen molar-refractivity contribution in [2.75, 3.05) is 38.3 Å². The van der Waals surface area contributed by atoms with Crippen molar-refractivity contribution in [1.29, 1.82) is 0 Å². The number of thiazole rings is 1. The summed E-state index contributed by atoms with van der Waals surface area (Å²) in [5.74, 6) is -1.00. The van der Waals surface area contributed by atoms with Gasteiger partial charge in [0.25, 0.3) is 5.91 Å². The third-order valence-corrected chi connectivity index (χ3v) is 7.03. The summed E-state index contributed by atoms with van der Waals surface area (Å²) < 4.78 is 12.1. The van der Waals surface area contributed by atoms with Gasteiger partial charge in [0.15, 0.2) is 4.80 Å². The van der Waals surface area contributed by atoms with Crippen LogP contribution in [0, 0.1) is 0 Å². The molecule has 2 aromatic rings. The summed E-state index contributed by atoms with van der Waals surface area (Å²) in [6.07, 6.45) is 3.19. The Balaban J connectivity index is 1.77. The fourth-order valence-electron chi connectivity index (χ4n) is 3.45. The zero-order valence-electron chi connectivity index (χ0n) is 18.7. The lowest BCUT2D eigenvalue weighted by Crippen LogP contribution is -2.36. The second-order valence-corrected chi connectivity index (χ2v) is 9.38. The van der Waals surface area contributed by atoms with Crippen molar-refractivity contribution in [3.8, 4) is 0 Å². The number of esters is 2. The molecular weight excluding hydrogens is 466 g/mol. The number of hydrogen-bond donors (Lipinski definition) is 0. The van der Waals surface area contributed by atoms with Gasteiger partial charge in [0.2, 0.25) is 5.91 Å². The molecule has 0 saturated carbocycles. The Hall–Kier alpha value is -2.66. The van der Waals surface area contributed by atoms with Gasteiger partial charge >= 0.3 is 11.9 Å². The average molecular weight is 494 g/mol. The van der Waals surface area contributed by atoms with E-state index in [1.165, 1.54) is 30.2 Å². The molecule has 33 heavy (non-hydrogen) atoms. The Morgan fingerprint density at radius 1 is 1.12 bits per heavy atom. The summed E-state index contributed by atoms with van der Waals surface area (Å²) in [4.78, 5) is 55.1. The van der Waals surface area contributed by atoms with Gasteiger partial charge in [-0.05, 0) is 44.4 Å². The lowest BCUT2D eigenvalue weighted by molar-refractivity contribution is -0.141. The van der Waals surface area contributed by atoms with Crippen molar-refractivity contribution >= 4 is 57.1 Å². The zero-order chi connectivity index (χ0) is 23.8. The molecule has 0 N–H and O–H groups in total. The van der Waals surface area contributed by atoms with Crippen molar-refractivity contribution in [2.45, 2.75) is 32.7 Å². The minimum atomic E-state index is -0.487. The molecular formula is C22H27N3O6S2. The summed E-state index contributed by atoms with van der Waals surface area (Å²) in [5.41, 5.74) is 1.03. The SMILES string of the molecule is CCOC(=O)c1ccc2c(c1)sc(=NC(=O)CSCC(=O)N1CCCCC1)n2CC(=O)OC. The maximum Gasteiger partial charge on any atom is 0.338 e. The van der Waals surface area contributed by atoms with Crippen molar-refractivity contribution in [3.63, 3.8) is 0 Å². The minimum absolute atomic E-state index is 0.0432. The lowest BCUT2D eigenvalue weighted by atomic mass is 10.1. The molecule has 0 radical (unpaired) electrons. The molecule has 9 nitrogen and oxygen atoms in total. The number of ether oxygens (including phenoxy) is 2. The number of nitrogens with zero attached hydrogens (tertiary/aromatic N) is 3. The molecule has 1 saturated heterocycles. The Morgan fingerprint density at radius 3 is 2.58 bits per heavy atom. The normalized spacial score (nSPS) is 14.4. The highest BCUT2D eigenvalue weighted by Gasteiger charge is 2.17. The fraction of sp³-hybridized carbons (Fsp3) is 0.500. The number of carbonyl (C=O) groups excluding carboxylic acids is 4. The van der Waals surface area contributed by atoms with E-state index in [0.717, 1.165) is 32.4 Å². The number of aromatic nitrogens is 1. The van der Waals surface area contributed by atoms with Crippen LogP contribution in [0.4, 0.5) is 0 Å². The predicted molar refractivity (Wildman–Crippen MR) is 126 cm³/mol. The van der Waals surface area contributed by atoms with Crippen LogP contribution in [0.25, 0.3) is 10.2 Å². The lowest BCUT2D eigenvalue weighted by Gasteiger charge is -2.26. The molecule has 1 aliphatic heterocycles. The number of piperidine rings is 1. The van der Waals surface area contributed by atoms with E-state index in [2.05, 4.69) is 4.99 Å². The quantitative estimate of drug-likeness (QED) is 0.519. The van der Waals surface area contributed by atoms with E-state index in [1.54, 1.807) is 29.7 Å². The van der Waals surface area contributed by atoms with Crippen LogP contribution in [0.2, 0.25) is 0 Å². The molecule has 2 amide bonds. The van der Waals surface area contributed by atoms with E-state index in [-0.39, 0.29) is 30.6 Å². The molecule has 1 aliphatic rings. The molecule has 11 heteroatoms. The standard InChI is InChI=1S/C22H27N3O6S2/c1-3-31-21(29)15-7-8-16-17(11-15)33-22(25(16)12-20(28)30-2)23-18(26)13-32-14-19(27)24-9-5-4-6-10-24/h7-8,11H,3-6,9-10,12-14H2,1-2H3. The van der Waals surface area contributed by atoms with Crippen LogP contribution in [0.1, 0.15) is 36.5 Å². The molecule has 1 aromatic heterocycles. The minimum Gasteiger partial charge on any atom is -0.468 e. The fourth-order valence-corrected chi connectivity index (χ4v) is 5.23. The topological polar surface area (TPSA) is 107 Å². The zero-order valence-corrected chi connectivity index (χ0v) is 20.3. The molecule has 0 spiro atoms. The van der Waals surface area contributed by atoms with E-state index >= 15 is 0 Å². The Morgan fingerprint density at radius 2 is 1.88 bits per heavy atom. The summed E-state index contributed by atoms with van der Waals surface area (Å²) >= 11 is 2.43. The second-order valence-electron chi connectivity index (χ2n) is 7.39. The second kappa shape index (κ2) is 12.0. The molecule has 178 valence electrons. The van der Waals surface area contributed by atoms with Gasteiger partial charge in [0, 0.05) is 13.1 Å². The highest BCUT2D eigenvalue weighted by atomic mass is 32.2. The molecule has 0 unspecified atom stereocenters.